The molecule has 3 heteroatoms. The number of Topliss-reactive ketones (excluding diaryl/α,β-unsaturated/α-hetero) is 1. The monoisotopic (exact) mass is 266 g/mol. The molecule has 0 aromatic rings. The maximum atomic E-state index is 12.5. The lowest BCUT2D eigenvalue weighted by atomic mass is 9.60. The van der Waals surface area contributed by atoms with Gasteiger partial charge in [-0.15, -0.1) is 0 Å². The summed E-state index contributed by atoms with van der Waals surface area (Å²) in [6.45, 7) is 6.37. The van der Waals surface area contributed by atoms with E-state index < -0.39 is 11.5 Å². The number of carbonyl (C=O) groups excluding carboxylic acids is 1. The first kappa shape index (κ1) is 13.6. The molecule has 2 N–H and O–H groups in total. The van der Waals surface area contributed by atoms with Gasteiger partial charge in [-0.3, -0.25) is 4.79 Å². The Morgan fingerprint density at radius 2 is 1.79 bits per heavy atom. The van der Waals surface area contributed by atoms with Crippen LogP contribution < -0.4 is 0 Å². The molecule has 3 rings (SSSR count). The third-order valence-corrected chi connectivity index (χ3v) is 7.06. The molecule has 3 aliphatic carbocycles. The Morgan fingerprint density at radius 1 is 1.11 bits per heavy atom. The minimum Gasteiger partial charge on any atom is -0.393 e. The molecule has 0 bridgehead atoms. The second kappa shape index (κ2) is 4.05. The molecule has 0 unspecified atom stereocenters. The topological polar surface area (TPSA) is 57.5 Å². The predicted molar refractivity (Wildman–Crippen MR) is 72.5 cm³/mol. The smallest absolute Gasteiger partial charge is 0.141 e. The molecular formula is C16H26O3. The lowest BCUT2D eigenvalue weighted by molar-refractivity contribution is -0.139. The van der Waals surface area contributed by atoms with E-state index in [1.807, 2.05) is 0 Å². The highest BCUT2D eigenvalue weighted by molar-refractivity contribution is 5.88. The summed E-state index contributed by atoms with van der Waals surface area (Å²) in [6.07, 6.45) is 3.01. The first-order valence-corrected chi connectivity index (χ1v) is 7.74. The van der Waals surface area contributed by atoms with Crippen LogP contribution in [0.3, 0.4) is 0 Å². The van der Waals surface area contributed by atoms with E-state index in [0.29, 0.717) is 18.8 Å². The summed E-state index contributed by atoms with van der Waals surface area (Å²) >= 11 is 0. The van der Waals surface area contributed by atoms with Crippen LogP contribution in [0.1, 0.15) is 52.9 Å². The molecule has 0 amide bonds. The molecule has 7 atom stereocenters. The number of ketones is 1. The van der Waals surface area contributed by atoms with Gasteiger partial charge in [0.05, 0.1) is 17.6 Å². The van der Waals surface area contributed by atoms with Crippen LogP contribution in [0, 0.1) is 28.6 Å². The molecule has 3 fully saturated rings. The molecule has 1 spiro atoms. The van der Waals surface area contributed by atoms with Crippen LogP contribution in [-0.4, -0.2) is 28.2 Å². The molecule has 0 saturated heterocycles. The van der Waals surface area contributed by atoms with Gasteiger partial charge in [0.25, 0.3) is 0 Å². The average Bonchev–Trinajstić information content (AvgIpc) is 2.80. The average molecular weight is 266 g/mol. The fourth-order valence-corrected chi connectivity index (χ4v) is 5.42. The van der Waals surface area contributed by atoms with E-state index in [1.165, 1.54) is 0 Å². The van der Waals surface area contributed by atoms with Gasteiger partial charge in [0.15, 0.2) is 0 Å². The van der Waals surface area contributed by atoms with E-state index in [2.05, 4.69) is 20.8 Å². The van der Waals surface area contributed by atoms with Gasteiger partial charge in [-0.1, -0.05) is 20.8 Å². The predicted octanol–water partition coefficient (Wildman–Crippen LogP) is 2.15. The molecule has 108 valence electrons. The quantitative estimate of drug-likeness (QED) is 0.706. The van der Waals surface area contributed by atoms with E-state index in [0.717, 1.165) is 19.3 Å². The van der Waals surface area contributed by atoms with Crippen LogP contribution in [0.2, 0.25) is 0 Å². The SMILES string of the molecule is C[C@@H]1CCC(=O)[C@@]12C[C@@H]1[C@@H](O)CC[C@@H](C)[C@]1(C)[C@H]2O. The van der Waals surface area contributed by atoms with Gasteiger partial charge in [0, 0.05) is 11.8 Å². The van der Waals surface area contributed by atoms with Gasteiger partial charge >= 0.3 is 0 Å². The zero-order valence-corrected chi connectivity index (χ0v) is 12.2. The second-order valence-corrected chi connectivity index (χ2v) is 7.53. The van der Waals surface area contributed by atoms with Crippen molar-refractivity contribution in [2.75, 3.05) is 0 Å². The second-order valence-electron chi connectivity index (χ2n) is 7.53. The molecule has 0 aromatic heterocycles. The Balaban J connectivity index is 2.07. The van der Waals surface area contributed by atoms with Crippen LogP contribution in [-0.2, 0) is 4.79 Å². The molecular weight excluding hydrogens is 240 g/mol. The summed E-state index contributed by atoms with van der Waals surface area (Å²) in [4.78, 5) is 12.5. The number of fused-ring (bicyclic) bond motifs is 1. The number of aliphatic hydroxyl groups is 2. The van der Waals surface area contributed by atoms with Crippen molar-refractivity contribution in [2.45, 2.75) is 65.1 Å². The van der Waals surface area contributed by atoms with E-state index in [1.54, 1.807) is 0 Å². The van der Waals surface area contributed by atoms with Gasteiger partial charge in [0.1, 0.15) is 5.78 Å². The van der Waals surface area contributed by atoms with Gasteiger partial charge in [-0.05, 0) is 43.4 Å². The van der Waals surface area contributed by atoms with E-state index in [4.69, 9.17) is 0 Å². The van der Waals surface area contributed by atoms with Gasteiger partial charge in [0.2, 0.25) is 0 Å². The normalized spacial score (nSPS) is 57.7. The number of hydrogen-bond acceptors (Lipinski definition) is 3. The summed E-state index contributed by atoms with van der Waals surface area (Å²) < 4.78 is 0. The molecule has 3 saturated carbocycles. The molecule has 3 aliphatic rings. The Kier molecular flexibility index (Phi) is 2.89. The number of rotatable bonds is 0. The summed E-state index contributed by atoms with van der Waals surface area (Å²) in [5.74, 6) is 0.936. The highest BCUT2D eigenvalue weighted by atomic mass is 16.3. The summed E-state index contributed by atoms with van der Waals surface area (Å²) in [6, 6.07) is 0. The summed E-state index contributed by atoms with van der Waals surface area (Å²) in [5.41, 5.74) is -0.870. The molecule has 0 aromatic carbocycles. The molecule has 19 heavy (non-hydrogen) atoms. The Morgan fingerprint density at radius 3 is 2.32 bits per heavy atom. The molecule has 0 radical (unpaired) electrons. The highest BCUT2D eigenvalue weighted by Crippen LogP contribution is 2.66. The van der Waals surface area contributed by atoms with Crippen LogP contribution in [0.4, 0.5) is 0 Å². The van der Waals surface area contributed by atoms with Crippen molar-refractivity contribution in [2.24, 2.45) is 28.6 Å². The third-order valence-electron chi connectivity index (χ3n) is 7.06. The number of hydrogen-bond donors (Lipinski definition) is 2. The zero-order valence-electron chi connectivity index (χ0n) is 12.2. The third kappa shape index (κ3) is 1.43. The van der Waals surface area contributed by atoms with E-state index >= 15 is 0 Å². The van der Waals surface area contributed by atoms with Gasteiger partial charge in [-0.25, -0.2) is 0 Å². The van der Waals surface area contributed by atoms with Crippen LogP contribution in [0.15, 0.2) is 0 Å². The Bertz CT molecular complexity index is 407. The maximum absolute atomic E-state index is 12.5. The van der Waals surface area contributed by atoms with Crippen molar-refractivity contribution < 1.29 is 15.0 Å². The number of carbonyl (C=O) groups is 1. The fraction of sp³-hybridized carbons (Fsp3) is 0.938. The largest absolute Gasteiger partial charge is 0.393 e. The number of aliphatic hydroxyl groups excluding tert-OH is 2. The Labute approximate surface area is 115 Å². The first-order valence-electron chi connectivity index (χ1n) is 7.74. The van der Waals surface area contributed by atoms with Crippen molar-refractivity contribution in [1.82, 2.24) is 0 Å². The van der Waals surface area contributed by atoms with Gasteiger partial charge in [-0.2, -0.15) is 0 Å². The maximum Gasteiger partial charge on any atom is 0.141 e. The van der Waals surface area contributed by atoms with Crippen LogP contribution in [0.5, 0.6) is 0 Å². The van der Waals surface area contributed by atoms with Crippen LogP contribution >= 0.6 is 0 Å². The lowest BCUT2D eigenvalue weighted by Crippen LogP contribution is -2.50. The summed E-state index contributed by atoms with van der Waals surface area (Å²) in [5, 5.41) is 21.4. The highest BCUT2D eigenvalue weighted by Gasteiger charge is 2.69. The minimum absolute atomic E-state index is 0.0794. The zero-order chi connectivity index (χ0) is 14.0. The lowest BCUT2D eigenvalue weighted by Gasteiger charge is -2.47. The van der Waals surface area contributed by atoms with Gasteiger partial charge < -0.3 is 10.2 Å². The standard InChI is InChI=1S/C16H26O3/c1-9-4-6-12(17)11-8-16(14(19)15(9,11)3)10(2)5-7-13(16)18/h9-12,14,17,19H,4-8H2,1-3H3/t9-,10-,11-,12+,14-,15+,16-/m1/s1. The molecule has 0 heterocycles. The van der Waals surface area contributed by atoms with Crippen molar-refractivity contribution >= 4 is 5.78 Å². The minimum atomic E-state index is -0.583. The van der Waals surface area contributed by atoms with E-state index in [-0.39, 0.29) is 29.1 Å². The first-order chi connectivity index (χ1) is 8.85. The van der Waals surface area contributed by atoms with E-state index in [9.17, 15) is 15.0 Å². The van der Waals surface area contributed by atoms with Crippen molar-refractivity contribution in [3.8, 4) is 0 Å². The van der Waals surface area contributed by atoms with Crippen LogP contribution in [0.25, 0.3) is 0 Å². The fourth-order valence-electron chi connectivity index (χ4n) is 5.42. The molecule has 3 nitrogen and oxygen atoms in total. The Hall–Kier alpha value is -0.410. The van der Waals surface area contributed by atoms with Crippen molar-refractivity contribution in [3.63, 3.8) is 0 Å². The summed E-state index contributed by atoms with van der Waals surface area (Å²) in [7, 11) is 0. The van der Waals surface area contributed by atoms with Crippen molar-refractivity contribution in [3.05, 3.63) is 0 Å². The van der Waals surface area contributed by atoms with Crippen molar-refractivity contribution in [1.29, 1.82) is 0 Å². The molecule has 0 aliphatic heterocycles.